The van der Waals surface area contributed by atoms with Crippen LogP contribution in [0, 0.1) is 0 Å². The van der Waals surface area contributed by atoms with Crippen molar-refractivity contribution >= 4 is 38.9 Å². The van der Waals surface area contributed by atoms with Crippen molar-refractivity contribution in [3.63, 3.8) is 0 Å². The largest absolute Gasteiger partial charge is 0.493 e. The zero-order valence-electron chi connectivity index (χ0n) is 13.9. The van der Waals surface area contributed by atoms with Crippen molar-refractivity contribution in [1.29, 1.82) is 0 Å². The van der Waals surface area contributed by atoms with E-state index in [0.717, 1.165) is 22.1 Å². The van der Waals surface area contributed by atoms with Crippen LogP contribution in [0.1, 0.15) is 24.9 Å². The Morgan fingerprint density at radius 1 is 1.08 bits per heavy atom. The molecule has 0 bridgehead atoms. The maximum atomic E-state index is 5.43. The Labute approximate surface area is 156 Å². The van der Waals surface area contributed by atoms with Crippen LogP contribution in [0.2, 0.25) is 0 Å². The van der Waals surface area contributed by atoms with Gasteiger partial charge in [-0.25, -0.2) is 0 Å². The quantitative estimate of drug-likeness (QED) is 0.664. The average Bonchev–Trinajstić information content (AvgIpc) is 2.61. The van der Waals surface area contributed by atoms with E-state index >= 15 is 0 Å². The van der Waals surface area contributed by atoms with Crippen LogP contribution >= 0.6 is 28.1 Å². The Hall–Kier alpha value is -1.79. The third kappa shape index (κ3) is 4.85. The number of hydrogen-bond donors (Lipinski definition) is 2. The van der Waals surface area contributed by atoms with Gasteiger partial charge in [0.2, 0.25) is 0 Å². The van der Waals surface area contributed by atoms with E-state index in [1.807, 2.05) is 42.5 Å². The van der Waals surface area contributed by atoms with E-state index in [1.165, 1.54) is 0 Å². The number of ether oxygens (including phenoxy) is 2. The predicted molar refractivity (Wildman–Crippen MR) is 106 cm³/mol. The molecule has 0 amide bonds. The van der Waals surface area contributed by atoms with Crippen LogP contribution in [0.3, 0.4) is 0 Å². The molecule has 6 heteroatoms. The highest BCUT2D eigenvalue weighted by Gasteiger charge is 2.14. The Bertz CT molecular complexity index is 692. The number of thiocarbonyl (C=S) groups is 1. The molecule has 0 radical (unpaired) electrons. The van der Waals surface area contributed by atoms with Gasteiger partial charge in [0, 0.05) is 10.2 Å². The molecule has 24 heavy (non-hydrogen) atoms. The normalized spacial score (nSPS) is 11.5. The summed E-state index contributed by atoms with van der Waals surface area (Å²) in [6.07, 6.45) is 0.887. The highest BCUT2D eigenvalue weighted by atomic mass is 79.9. The van der Waals surface area contributed by atoms with E-state index in [2.05, 4.69) is 33.5 Å². The maximum Gasteiger partial charge on any atom is 0.171 e. The smallest absolute Gasteiger partial charge is 0.171 e. The minimum atomic E-state index is 0.0836. The minimum Gasteiger partial charge on any atom is -0.493 e. The van der Waals surface area contributed by atoms with Gasteiger partial charge in [0.05, 0.1) is 20.3 Å². The second-order valence-corrected chi connectivity index (χ2v) is 6.50. The third-order valence-electron chi connectivity index (χ3n) is 3.63. The van der Waals surface area contributed by atoms with E-state index in [1.54, 1.807) is 14.2 Å². The molecule has 2 aromatic rings. The van der Waals surface area contributed by atoms with Gasteiger partial charge in [-0.05, 0) is 60.6 Å². The summed E-state index contributed by atoms with van der Waals surface area (Å²) in [7, 11) is 3.26. The maximum absolute atomic E-state index is 5.43. The van der Waals surface area contributed by atoms with Crippen molar-refractivity contribution in [2.75, 3.05) is 19.5 Å². The number of methoxy groups -OCH3 is 2. The SMILES string of the molecule is CC[C@@H](NC(=S)Nc1ccc(Br)cc1)c1ccc(OC)c(OC)c1. The van der Waals surface area contributed by atoms with Crippen LogP contribution in [0.25, 0.3) is 0 Å². The van der Waals surface area contributed by atoms with Gasteiger partial charge < -0.3 is 20.1 Å². The molecule has 0 spiro atoms. The van der Waals surface area contributed by atoms with Crippen LogP contribution in [0.5, 0.6) is 11.5 Å². The standard InChI is InChI=1S/C18H21BrN2O2S/c1-4-15(12-5-10-16(22-2)17(11-12)23-3)21-18(24)20-14-8-6-13(19)7-9-14/h5-11,15H,4H2,1-3H3,(H2,20,21,24)/t15-/m1/s1. The Kier molecular flexibility index (Phi) is 6.87. The number of benzene rings is 2. The van der Waals surface area contributed by atoms with Crippen molar-refractivity contribution in [3.05, 3.63) is 52.5 Å². The zero-order chi connectivity index (χ0) is 17.5. The molecule has 4 nitrogen and oxygen atoms in total. The molecule has 0 heterocycles. The van der Waals surface area contributed by atoms with Crippen molar-refractivity contribution in [1.82, 2.24) is 5.32 Å². The molecule has 0 aliphatic carbocycles. The van der Waals surface area contributed by atoms with Crippen LogP contribution in [-0.4, -0.2) is 19.3 Å². The summed E-state index contributed by atoms with van der Waals surface area (Å²) >= 11 is 8.85. The predicted octanol–water partition coefficient (Wildman–Crippen LogP) is 4.90. The summed E-state index contributed by atoms with van der Waals surface area (Å²) < 4.78 is 11.7. The lowest BCUT2D eigenvalue weighted by Gasteiger charge is -2.21. The molecule has 0 aliphatic heterocycles. The molecule has 128 valence electrons. The monoisotopic (exact) mass is 408 g/mol. The average molecular weight is 409 g/mol. The van der Waals surface area contributed by atoms with Crippen LogP contribution in [0.4, 0.5) is 5.69 Å². The molecule has 0 saturated carbocycles. The summed E-state index contributed by atoms with van der Waals surface area (Å²) in [6, 6.07) is 13.9. The van der Waals surface area contributed by atoms with Gasteiger partial charge in [0.15, 0.2) is 16.6 Å². The summed E-state index contributed by atoms with van der Waals surface area (Å²) in [4.78, 5) is 0. The van der Waals surface area contributed by atoms with Gasteiger partial charge in [-0.1, -0.05) is 28.9 Å². The summed E-state index contributed by atoms with van der Waals surface area (Å²) in [5, 5.41) is 7.13. The summed E-state index contributed by atoms with van der Waals surface area (Å²) in [5.41, 5.74) is 2.04. The van der Waals surface area contributed by atoms with E-state index in [4.69, 9.17) is 21.7 Å². The summed E-state index contributed by atoms with van der Waals surface area (Å²) in [6.45, 7) is 2.11. The van der Waals surface area contributed by atoms with E-state index < -0.39 is 0 Å². The molecule has 0 aliphatic rings. The second kappa shape index (κ2) is 8.89. The topological polar surface area (TPSA) is 42.5 Å². The molecular weight excluding hydrogens is 388 g/mol. The van der Waals surface area contributed by atoms with Crippen LogP contribution in [-0.2, 0) is 0 Å². The molecule has 1 atom stereocenters. The zero-order valence-corrected chi connectivity index (χ0v) is 16.3. The fourth-order valence-corrected chi connectivity index (χ4v) is 2.87. The molecular formula is C18H21BrN2O2S. The van der Waals surface area contributed by atoms with E-state index in [0.29, 0.717) is 16.6 Å². The first-order valence-corrected chi connectivity index (χ1v) is 8.82. The van der Waals surface area contributed by atoms with E-state index in [9.17, 15) is 0 Å². The first-order valence-electron chi connectivity index (χ1n) is 7.62. The van der Waals surface area contributed by atoms with Crippen LogP contribution in [0.15, 0.2) is 46.9 Å². The van der Waals surface area contributed by atoms with Crippen molar-refractivity contribution in [3.8, 4) is 11.5 Å². The number of rotatable bonds is 6. The van der Waals surface area contributed by atoms with Crippen molar-refractivity contribution < 1.29 is 9.47 Å². The lowest BCUT2D eigenvalue weighted by molar-refractivity contribution is 0.354. The van der Waals surface area contributed by atoms with Gasteiger partial charge in [-0.2, -0.15) is 0 Å². The van der Waals surface area contributed by atoms with Crippen molar-refractivity contribution in [2.24, 2.45) is 0 Å². The summed E-state index contributed by atoms with van der Waals surface area (Å²) in [5.74, 6) is 1.42. The minimum absolute atomic E-state index is 0.0836. The number of hydrogen-bond acceptors (Lipinski definition) is 3. The highest BCUT2D eigenvalue weighted by molar-refractivity contribution is 9.10. The number of nitrogens with one attached hydrogen (secondary N) is 2. The molecule has 2 aromatic carbocycles. The van der Waals surface area contributed by atoms with Crippen LogP contribution < -0.4 is 20.1 Å². The lowest BCUT2D eigenvalue weighted by Crippen LogP contribution is -2.32. The molecule has 2 rings (SSSR count). The number of anilines is 1. The highest BCUT2D eigenvalue weighted by Crippen LogP contribution is 2.30. The fraction of sp³-hybridized carbons (Fsp3) is 0.278. The van der Waals surface area contributed by atoms with Gasteiger partial charge in [-0.3, -0.25) is 0 Å². The molecule has 0 unspecified atom stereocenters. The van der Waals surface area contributed by atoms with Crippen molar-refractivity contribution in [2.45, 2.75) is 19.4 Å². The first kappa shape index (κ1) is 18.5. The third-order valence-corrected chi connectivity index (χ3v) is 4.37. The Morgan fingerprint density at radius 3 is 2.33 bits per heavy atom. The molecule has 0 saturated heterocycles. The molecule has 0 aromatic heterocycles. The van der Waals surface area contributed by atoms with Gasteiger partial charge in [0.25, 0.3) is 0 Å². The second-order valence-electron chi connectivity index (χ2n) is 5.18. The number of halogens is 1. The Morgan fingerprint density at radius 2 is 1.75 bits per heavy atom. The van der Waals surface area contributed by atoms with Gasteiger partial charge in [-0.15, -0.1) is 0 Å². The van der Waals surface area contributed by atoms with Gasteiger partial charge >= 0.3 is 0 Å². The Balaban J connectivity index is 2.08. The molecule has 2 N–H and O–H groups in total. The lowest BCUT2D eigenvalue weighted by atomic mass is 10.0. The van der Waals surface area contributed by atoms with E-state index in [-0.39, 0.29) is 6.04 Å². The fourth-order valence-electron chi connectivity index (χ4n) is 2.35. The molecule has 0 fully saturated rings. The van der Waals surface area contributed by atoms with Gasteiger partial charge in [0.1, 0.15) is 0 Å². The first-order chi connectivity index (χ1) is 11.6.